The van der Waals surface area contributed by atoms with Gasteiger partial charge in [0.2, 0.25) is 5.91 Å². The molecule has 0 unspecified atom stereocenters. The van der Waals surface area contributed by atoms with Gasteiger partial charge in [-0.3, -0.25) is 4.79 Å². The van der Waals surface area contributed by atoms with E-state index < -0.39 is 18.1 Å². The van der Waals surface area contributed by atoms with Crippen molar-refractivity contribution in [2.75, 3.05) is 19.6 Å². The topological polar surface area (TPSA) is 128 Å². The van der Waals surface area contributed by atoms with Crippen molar-refractivity contribution in [1.82, 2.24) is 16.0 Å². The maximum atomic E-state index is 11.2. The molecule has 5 N–H and O–H groups in total. The lowest BCUT2D eigenvalue weighted by Crippen LogP contribution is -2.39. The fourth-order valence-electron chi connectivity index (χ4n) is 1.08. The molecule has 0 aliphatic rings. The zero-order chi connectivity index (χ0) is 14.0. The highest BCUT2D eigenvalue weighted by molar-refractivity contribution is 5.78. The maximum absolute atomic E-state index is 11.2. The van der Waals surface area contributed by atoms with Gasteiger partial charge in [-0.25, -0.2) is 9.59 Å². The third-order valence-electron chi connectivity index (χ3n) is 2.00. The molecular weight excluding hydrogens is 242 g/mol. The Bertz CT molecular complexity index is 295. The summed E-state index contributed by atoms with van der Waals surface area (Å²) in [5.74, 6) is -1.48. The average molecular weight is 261 g/mol. The number of urea groups is 1. The highest BCUT2D eigenvalue weighted by atomic mass is 16.4. The predicted molar refractivity (Wildman–Crippen MR) is 63.0 cm³/mol. The third-order valence-corrected chi connectivity index (χ3v) is 2.00. The highest BCUT2D eigenvalue weighted by Gasteiger charge is 2.12. The standard InChI is InChI=1S/C10H19N3O5/c1-2-11-8(15)4-6-13-10(18)12-5-3-7(14)9(16)17/h7,14H,2-6H2,1H3,(H,11,15)(H,16,17)(H2,12,13,18)/t7-/m0/s1. The van der Waals surface area contributed by atoms with Crippen molar-refractivity contribution in [3.8, 4) is 0 Å². The first-order valence-electron chi connectivity index (χ1n) is 5.66. The maximum Gasteiger partial charge on any atom is 0.332 e. The summed E-state index contributed by atoms with van der Waals surface area (Å²) in [5.41, 5.74) is 0. The number of carbonyl (C=O) groups is 3. The van der Waals surface area contributed by atoms with Crippen LogP contribution in [0.2, 0.25) is 0 Å². The zero-order valence-electron chi connectivity index (χ0n) is 10.2. The van der Waals surface area contributed by atoms with E-state index in [2.05, 4.69) is 16.0 Å². The Morgan fingerprint density at radius 3 is 2.28 bits per heavy atom. The van der Waals surface area contributed by atoms with E-state index in [0.717, 1.165) is 0 Å². The number of aliphatic carboxylic acids is 1. The number of nitrogens with one attached hydrogen (secondary N) is 3. The van der Waals surface area contributed by atoms with Crippen LogP contribution in [0, 0.1) is 0 Å². The van der Waals surface area contributed by atoms with Crippen LogP contribution >= 0.6 is 0 Å². The van der Waals surface area contributed by atoms with Crippen molar-refractivity contribution in [2.45, 2.75) is 25.9 Å². The first-order valence-corrected chi connectivity index (χ1v) is 5.66. The summed E-state index contributed by atoms with van der Waals surface area (Å²) in [4.78, 5) is 32.4. The highest BCUT2D eigenvalue weighted by Crippen LogP contribution is 1.89. The van der Waals surface area contributed by atoms with Gasteiger partial charge < -0.3 is 26.2 Å². The molecule has 104 valence electrons. The molecule has 0 bridgehead atoms. The van der Waals surface area contributed by atoms with Crippen LogP contribution in [0.25, 0.3) is 0 Å². The molecule has 1 atom stereocenters. The summed E-state index contributed by atoms with van der Waals surface area (Å²) in [6.07, 6.45) is -1.38. The van der Waals surface area contributed by atoms with Gasteiger partial charge in [-0.2, -0.15) is 0 Å². The van der Waals surface area contributed by atoms with Crippen LogP contribution in [0.4, 0.5) is 4.79 Å². The summed E-state index contributed by atoms with van der Waals surface area (Å²) in [7, 11) is 0. The van der Waals surface area contributed by atoms with Gasteiger partial charge in [0.1, 0.15) is 0 Å². The van der Waals surface area contributed by atoms with Crippen molar-refractivity contribution in [1.29, 1.82) is 0 Å². The molecule has 0 saturated heterocycles. The quantitative estimate of drug-likeness (QED) is 0.369. The van der Waals surface area contributed by atoms with E-state index in [1.165, 1.54) is 0 Å². The van der Waals surface area contributed by atoms with Gasteiger partial charge >= 0.3 is 12.0 Å². The molecule has 8 nitrogen and oxygen atoms in total. The van der Waals surface area contributed by atoms with Gasteiger partial charge in [0.05, 0.1) is 0 Å². The molecule has 0 rings (SSSR count). The smallest absolute Gasteiger partial charge is 0.332 e. The first kappa shape index (κ1) is 16.2. The van der Waals surface area contributed by atoms with E-state index in [9.17, 15) is 14.4 Å². The second kappa shape index (κ2) is 9.23. The number of aliphatic hydroxyl groups excluding tert-OH is 1. The minimum atomic E-state index is -1.49. The van der Waals surface area contributed by atoms with Gasteiger partial charge in [0, 0.05) is 32.5 Å². The Morgan fingerprint density at radius 1 is 1.11 bits per heavy atom. The van der Waals surface area contributed by atoms with Crippen LogP contribution in [0.15, 0.2) is 0 Å². The molecule has 8 heteroatoms. The second-order valence-corrected chi connectivity index (χ2v) is 3.53. The number of amides is 3. The van der Waals surface area contributed by atoms with Crippen molar-refractivity contribution in [3.63, 3.8) is 0 Å². The first-order chi connectivity index (χ1) is 8.47. The lowest BCUT2D eigenvalue weighted by Gasteiger charge is -2.08. The van der Waals surface area contributed by atoms with Crippen LogP contribution in [0.1, 0.15) is 19.8 Å². The fourth-order valence-corrected chi connectivity index (χ4v) is 1.08. The molecule has 0 spiro atoms. The molecule has 3 amide bonds. The number of aliphatic hydroxyl groups is 1. The molecule has 0 aliphatic heterocycles. The van der Waals surface area contributed by atoms with E-state index in [4.69, 9.17) is 10.2 Å². The molecule has 0 radical (unpaired) electrons. The Kier molecular flexibility index (Phi) is 8.29. The van der Waals surface area contributed by atoms with Gasteiger partial charge in [0.15, 0.2) is 6.10 Å². The molecule has 18 heavy (non-hydrogen) atoms. The predicted octanol–water partition coefficient (Wildman–Crippen LogP) is -1.35. The van der Waals surface area contributed by atoms with E-state index in [1.54, 1.807) is 6.92 Å². The Morgan fingerprint density at radius 2 is 1.72 bits per heavy atom. The van der Waals surface area contributed by atoms with Crippen LogP contribution in [0.3, 0.4) is 0 Å². The Hall–Kier alpha value is -1.83. The normalized spacial score (nSPS) is 11.4. The Labute approximate surface area is 105 Å². The number of carboxylic acids is 1. The number of hydrogen-bond acceptors (Lipinski definition) is 4. The zero-order valence-corrected chi connectivity index (χ0v) is 10.2. The van der Waals surface area contributed by atoms with Crippen LogP contribution in [-0.4, -0.2) is 53.9 Å². The lowest BCUT2D eigenvalue weighted by molar-refractivity contribution is -0.146. The molecular formula is C10H19N3O5. The summed E-state index contributed by atoms with van der Waals surface area (Å²) in [5, 5.41) is 24.7. The molecule has 0 heterocycles. The monoisotopic (exact) mass is 261 g/mol. The molecule has 0 fully saturated rings. The van der Waals surface area contributed by atoms with E-state index in [1.807, 2.05) is 0 Å². The van der Waals surface area contributed by atoms with Crippen molar-refractivity contribution in [2.24, 2.45) is 0 Å². The van der Waals surface area contributed by atoms with Crippen LogP contribution in [0.5, 0.6) is 0 Å². The molecule has 0 saturated carbocycles. The summed E-state index contributed by atoms with van der Waals surface area (Å²) in [6, 6.07) is -0.503. The number of carboxylic acid groups (broad SMARTS) is 1. The largest absolute Gasteiger partial charge is 0.479 e. The fraction of sp³-hybridized carbons (Fsp3) is 0.700. The van der Waals surface area contributed by atoms with Crippen molar-refractivity contribution in [3.05, 3.63) is 0 Å². The third kappa shape index (κ3) is 8.34. The minimum absolute atomic E-state index is 0.0421. The van der Waals surface area contributed by atoms with Crippen LogP contribution < -0.4 is 16.0 Å². The lowest BCUT2D eigenvalue weighted by atomic mass is 10.2. The van der Waals surface area contributed by atoms with Gasteiger partial charge in [-0.15, -0.1) is 0 Å². The summed E-state index contributed by atoms with van der Waals surface area (Å²) >= 11 is 0. The molecule has 0 aromatic heterocycles. The van der Waals surface area contributed by atoms with Gasteiger partial charge in [-0.1, -0.05) is 0 Å². The summed E-state index contributed by atoms with van der Waals surface area (Å²) < 4.78 is 0. The number of hydrogen-bond donors (Lipinski definition) is 5. The second-order valence-electron chi connectivity index (χ2n) is 3.53. The SMILES string of the molecule is CCNC(=O)CCNC(=O)NCC[C@H](O)C(=O)O. The molecule has 0 aromatic rings. The van der Waals surface area contributed by atoms with E-state index >= 15 is 0 Å². The summed E-state index contributed by atoms with van der Waals surface area (Å²) in [6.45, 7) is 2.57. The van der Waals surface area contributed by atoms with Gasteiger partial charge in [0.25, 0.3) is 0 Å². The average Bonchev–Trinajstić information content (AvgIpc) is 2.29. The van der Waals surface area contributed by atoms with Crippen LogP contribution in [-0.2, 0) is 9.59 Å². The number of carbonyl (C=O) groups excluding carboxylic acids is 2. The molecule has 0 aliphatic carbocycles. The van der Waals surface area contributed by atoms with Crippen molar-refractivity contribution < 1.29 is 24.6 Å². The Balaban J connectivity index is 3.54. The van der Waals surface area contributed by atoms with E-state index in [-0.39, 0.29) is 31.8 Å². The van der Waals surface area contributed by atoms with Gasteiger partial charge in [-0.05, 0) is 6.92 Å². The molecule has 0 aromatic carbocycles. The van der Waals surface area contributed by atoms with Crippen molar-refractivity contribution >= 4 is 17.9 Å². The number of rotatable bonds is 8. The minimum Gasteiger partial charge on any atom is -0.479 e. The van der Waals surface area contributed by atoms with E-state index in [0.29, 0.717) is 6.54 Å².